The van der Waals surface area contributed by atoms with Gasteiger partial charge >= 0.3 is 0 Å². The summed E-state index contributed by atoms with van der Waals surface area (Å²) >= 11 is 0. The molecule has 0 fully saturated rings. The SMILES string of the molecule is CCOC[C@@H]1CN(C(=O)C[C@H]2C=CCC2)Cc2cnn(CC)c21. The van der Waals surface area contributed by atoms with E-state index in [1.165, 1.54) is 11.3 Å². The van der Waals surface area contributed by atoms with E-state index in [1.807, 2.05) is 18.0 Å². The molecule has 0 radical (unpaired) electrons. The maximum atomic E-state index is 12.7. The number of aromatic nitrogens is 2. The number of ether oxygens (including phenoxy) is 1. The first-order valence-electron chi connectivity index (χ1n) is 8.79. The number of hydrogen-bond acceptors (Lipinski definition) is 3. The van der Waals surface area contributed by atoms with Crippen molar-refractivity contribution in [1.29, 1.82) is 0 Å². The van der Waals surface area contributed by atoms with Gasteiger partial charge in [0.05, 0.1) is 18.5 Å². The molecule has 0 saturated heterocycles. The lowest BCUT2D eigenvalue weighted by Gasteiger charge is -2.34. The lowest BCUT2D eigenvalue weighted by Crippen LogP contribution is -2.40. The van der Waals surface area contributed by atoms with Gasteiger partial charge < -0.3 is 9.64 Å². The minimum atomic E-state index is 0.226. The quantitative estimate of drug-likeness (QED) is 0.758. The topological polar surface area (TPSA) is 47.4 Å². The molecule has 1 aromatic heterocycles. The molecule has 0 unspecified atom stereocenters. The van der Waals surface area contributed by atoms with Gasteiger partial charge in [-0.1, -0.05) is 12.2 Å². The number of fused-ring (bicyclic) bond motifs is 1. The van der Waals surface area contributed by atoms with Crippen molar-refractivity contribution in [2.24, 2.45) is 5.92 Å². The van der Waals surface area contributed by atoms with Gasteiger partial charge in [0, 0.05) is 44.1 Å². The van der Waals surface area contributed by atoms with Crippen molar-refractivity contribution in [3.8, 4) is 0 Å². The lowest BCUT2D eigenvalue weighted by molar-refractivity contribution is -0.133. The van der Waals surface area contributed by atoms with Crippen molar-refractivity contribution in [2.75, 3.05) is 19.8 Å². The maximum Gasteiger partial charge on any atom is 0.223 e. The molecule has 0 spiro atoms. The van der Waals surface area contributed by atoms with Crippen LogP contribution in [-0.4, -0.2) is 40.3 Å². The normalized spacial score (nSPS) is 23.3. The first-order valence-corrected chi connectivity index (χ1v) is 8.79. The number of nitrogens with zero attached hydrogens (tertiary/aromatic N) is 3. The first-order chi connectivity index (χ1) is 11.2. The lowest BCUT2D eigenvalue weighted by atomic mass is 9.95. The number of hydrogen-bond donors (Lipinski definition) is 0. The van der Waals surface area contributed by atoms with Gasteiger partial charge in [0.1, 0.15) is 0 Å². The van der Waals surface area contributed by atoms with E-state index in [4.69, 9.17) is 4.74 Å². The van der Waals surface area contributed by atoms with Crippen molar-refractivity contribution in [3.63, 3.8) is 0 Å². The molecule has 2 atom stereocenters. The Labute approximate surface area is 138 Å². The molecule has 1 aromatic rings. The van der Waals surface area contributed by atoms with Gasteiger partial charge in [-0.05, 0) is 32.6 Å². The van der Waals surface area contributed by atoms with Gasteiger partial charge in [0.15, 0.2) is 0 Å². The fraction of sp³-hybridized carbons (Fsp3) is 0.667. The third-order valence-corrected chi connectivity index (χ3v) is 4.87. The van der Waals surface area contributed by atoms with Crippen molar-refractivity contribution in [3.05, 3.63) is 29.6 Å². The van der Waals surface area contributed by atoms with Crippen LogP contribution < -0.4 is 0 Å². The van der Waals surface area contributed by atoms with Crippen molar-refractivity contribution in [2.45, 2.75) is 52.1 Å². The summed E-state index contributed by atoms with van der Waals surface area (Å²) < 4.78 is 7.73. The average molecular weight is 317 g/mol. The van der Waals surface area contributed by atoms with Gasteiger partial charge in [-0.15, -0.1) is 0 Å². The standard InChI is InChI=1S/C18H27N3O2/c1-3-21-18-15(10-19-21)11-20(12-16(18)13-23-4-2)17(22)9-14-7-5-6-8-14/h5,7,10,14,16H,3-4,6,8-9,11-13H2,1-2H3/t14-,16-/m0/s1. The highest BCUT2D eigenvalue weighted by Gasteiger charge is 2.32. The zero-order valence-corrected chi connectivity index (χ0v) is 14.2. The largest absolute Gasteiger partial charge is 0.381 e. The van der Waals surface area contributed by atoms with Crippen LogP contribution in [0.1, 0.15) is 50.3 Å². The van der Waals surface area contributed by atoms with Crippen LogP contribution in [0.4, 0.5) is 0 Å². The van der Waals surface area contributed by atoms with Gasteiger partial charge in [-0.3, -0.25) is 9.48 Å². The van der Waals surface area contributed by atoms with E-state index in [0.29, 0.717) is 32.1 Å². The Morgan fingerprint density at radius 3 is 3.00 bits per heavy atom. The zero-order chi connectivity index (χ0) is 16.2. The predicted octanol–water partition coefficient (Wildman–Crippen LogP) is 2.72. The second-order valence-corrected chi connectivity index (χ2v) is 6.47. The van der Waals surface area contributed by atoms with Crippen LogP contribution in [0.25, 0.3) is 0 Å². The van der Waals surface area contributed by atoms with Crippen LogP contribution in [0.5, 0.6) is 0 Å². The molecule has 0 N–H and O–H groups in total. The molecule has 2 aliphatic rings. The Kier molecular flexibility index (Phi) is 5.16. The molecule has 23 heavy (non-hydrogen) atoms. The predicted molar refractivity (Wildman–Crippen MR) is 89.0 cm³/mol. The molecule has 1 aliphatic heterocycles. The highest BCUT2D eigenvalue weighted by atomic mass is 16.5. The van der Waals surface area contributed by atoms with Crippen molar-refractivity contribution in [1.82, 2.24) is 14.7 Å². The van der Waals surface area contributed by atoms with Crippen LogP contribution in [0.15, 0.2) is 18.3 Å². The Hall–Kier alpha value is -1.62. The number of allylic oxidation sites excluding steroid dienone is 2. The summed E-state index contributed by atoms with van der Waals surface area (Å²) in [7, 11) is 0. The molecular weight excluding hydrogens is 290 g/mol. The van der Waals surface area contributed by atoms with E-state index < -0.39 is 0 Å². The monoisotopic (exact) mass is 317 g/mol. The molecule has 0 bridgehead atoms. The molecule has 0 saturated carbocycles. The number of carbonyl (C=O) groups is 1. The molecule has 3 rings (SSSR count). The fourth-order valence-corrected chi connectivity index (χ4v) is 3.70. The van der Waals surface area contributed by atoms with E-state index in [-0.39, 0.29) is 11.8 Å². The van der Waals surface area contributed by atoms with Gasteiger partial charge in [-0.2, -0.15) is 5.10 Å². The summed E-state index contributed by atoms with van der Waals surface area (Å²) in [6.45, 7) is 7.76. The second-order valence-electron chi connectivity index (χ2n) is 6.47. The molecule has 5 heteroatoms. The molecule has 1 aliphatic carbocycles. The number of amides is 1. The number of aryl methyl sites for hydroxylation is 1. The van der Waals surface area contributed by atoms with E-state index in [1.54, 1.807) is 0 Å². The van der Waals surface area contributed by atoms with Crippen LogP contribution in [0.3, 0.4) is 0 Å². The summed E-state index contributed by atoms with van der Waals surface area (Å²) in [6.07, 6.45) is 9.16. The van der Waals surface area contributed by atoms with Crippen molar-refractivity contribution < 1.29 is 9.53 Å². The third-order valence-electron chi connectivity index (χ3n) is 4.87. The third kappa shape index (κ3) is 3.50. The molecular formula is C18H27N3O2. The summed E-state index contributed by atoms with van der Waals surface area (Å²) in [5.41, 5.74) is 2.43. The van der Waals surface area contributed by atoms with E-state index in [0.717, 1.165) is 25.9 Å². The smallest absolute Gasteiger partial charge is 0.223 e. The zero-order valence-electron chi connectivity index (χ0n) is 14.2. The molecule has 5 nitrogen and oxygen atoms in total. The maximum absolute atomic E-state index is 12.7. The number of rotatable bonds is 6. The highest BCUT2D eigenvalue weighted by molar-refractivity contribution is 5.77. The first kappa shape index (κ1) is 16.2. The Balaban J connectivity index is 1.73. The van der Waals surface area contributed by atoms with Crippen molar-refractivity contribution >= 4 is 5.91 Å². The summed E-state index contributed by atoms with van der Waals surface area (Å²) in [5, 5.41) is 4.48. The molecule has 126 valence electrons. The minimum Gasteiger partial charge on any atom is -0.381 e. The fourth-order valence-electron chi connectivity index (χ4n) is 3.70. The van der Waals surface area contributed by atoms with Gasteiger partial charge in [0.25, 0.3) is 0 Å². The summed E-state index contributed by atoms with van der Waals surface area (Å²) in [5.74, 6) is 0.912. The van der Waals surface area contributed by atoms with Gasteiger partial charge in [0.2, 0.25) is 5.91 Å². The average Bonchev–Trinajstić information content (AvgIpc) is 3.21. The summed E-state index contributed by atoms with van der Waals surface area (Å²) in [6, 6.07) is 0. The van der Waals surface area contributed by atoms with E-state index in [2.05, 4.69) is 28.9 Å². The Bertz CT molecular complexity index is 579. The van der Waals surface area contributed by atoms with Gasteiger partial charge in [-0.25, -0.2) is 0 Å². The van der Waals surface area contributed by atoms with E-state index in [9.17, 15) is 4.79 Å². The summed E-state index contributed by atoms with van der Waals surface area (Å²) in [4.78, 5) is 14.7. The molecule has 1 amide bonds. The Morgan fingerprint density at radius 2 is 2.30 bits per heavy atom. The van der Waals surface area contributed by atoms with E-state index >= 15 is 0 Å². The minimum absolute atomic E-state index is 0.226. The Morgan fingerprint density at radius 1 is 1.43 bits per heavy atom. The van der Waals surface area contributed by atoms with Crippen LogP contribution in [0, 0.1) is 5.92 Å². The number of carbonyl (C=O) groups excluding carboxylic acids is 1. The van der Waals surface area contributed by atoms with Crippen LogP contribution in [-0.2, 0) is 22.6 Å². The van der Waals surface area contributed by atoms with Crippen LogP contribution in [0.2, 0.25) is 0 Å². The molecule has 2 heterocycles. The second kappa shape index (κ2) is 7.30. The highest BCUT2D eigenvalue weighted by Crippen LogP contribution is 2.30. The van der Waals surface area contributed by atoms with Crippen LogP contribution >= 0.6 is 0 Å². The molecule has 0 aromatic carbocycles.